The highest BCUT2D eigenvalue weighted by molar-refractivity contribution is 6.07. The second-order valence-electron chi connectivity index (χ2n) is 6.89. The fourth-order valence-corrected chi connectivity index (χ4v) is 3.46. The average Bonchev–Trinajstić information content (AvgIpc) is 3.09. The first-order chi connectivity index (χ1) is 13.7. The molecule has 0 unspecified atom stereocenters. The molecule has 7 heteroatoms. The highest BCUT2D eigenvalue weighted by Gasteiger charge is 2.32. The largest absolute Gasteiger partial charge is 0.368 e. The van der Waals surface area contributed by atoms with Gasteiger partial charge in [-0.05, 0) is 24.3 Å². The van der Waals surface area contributed by atoms with Crippen molar-refractivity contribution in [1.29, 1.82) is 0 Å². The minimum atomic E-state index is -0.675. The third kappa shape index (κ3) is 4.14. The molecule has 28 heavy (non-hydrogen) atoms. The van der Waals surface area contributed by atoms with Gasteiger partial charge in [-0.15, -0.1) is 0 Å². The van der Waals surface area contributed by atoms with Crippen molar-refractivity contribution >= 4 is 29.1 Å². The van der Waals surface area contributed by atoms with Gasteiger partial charge in [-0.1, -0.05) is 36.4 Å². The van der Waals surface area contributed by atoms with Gasteiger partial charge in [0.25, 0.3) is 5.91 Å². The number of rotatable bonds is 4. The third-order valence-corrected chi connectivity index (χ3v) is 4.95. The van der Waals surface area contributed by atoms with Crippen molar-refractivity contribution in [3.63, 3.8) is 0 Å². The number of nitrogens with one attached hydrogen (secondary N) is 2. The number of para-hydroxylation sites is 2. The molecule has 2 aliphatic rings. The molecule has 4 rings (SSSR count). The fourth-order valence-electron chi connectivity index (χ4n) is 3.46. The normalized spacial score (nSPS) is 19.2. The van der Waals surface area contributed by atoms with Crippen LogP contribution in [0.25, 0.3) is 0 Å². The van der Waals surface area contributed by atoms with E-state index in [1.165, 1.54) is 5.69 Å². The second-order valence-corrected chi connectivity index (χ2v) is 6.89. The maximum Gasteiger partial charge on any atom is 0.252 e. The molecule has 1 atom stereocenters. The summed E-state index contributed by atoms with van der Waals surface area (Å²) in [6, 6.07) is 18.8. The minimum absolute atomic E-state index is 0.0359. The minimum Gasteiger partial charge on any atom is -0.368 e. The van der Waals surface area contributed by atoms with Crippen LogP contribution in [-0.2, 0) is 9.59 Å². The molecule has 2 aromatic rings. The van der Waals surface area contributed by atoms with Crippen LogP contribution in [0.5, 0.6) is 0 Å². The van der Waals surface area contributed by atoms with Crippen LogP contribution in [0.3, 0.4) is 0 Å². The average molecular weight is 377 g/mol. The van der Waals surface area contributed by atoms with E-state index in [0.717, 1.165) is 26.2 Å². The molecular formula is C21H23N5O2. The van der Waals surface area contributed by atoms with Crippen LogP contribution < -0.4 is 15.5 Å². The van der Waals surface area contributed by atoms with Gasteiger partial charge in [-0.3, -0.25) is 14.9 Å². The highest BCUT2D eigenvalue weighted by atomic mass is 16.2. The molecule has 2 heterocycles. The Balaban J connectivity index is 1.32. The van der Waals surface area contributed by atoms with Gasteiger partial charge in [-0.25, -0.2) is 4.99 Å². The summed E-state index contributed by atoms with van der Waals surface area (Å²) in [7, 11) is 0. The Bertz CT molecular complexity index is 861. The smallest absolute Gasteiger partial charge is 0.252 e. The highest BCUT2D eigenvalue weighted by Crippen LogP contribution is 2.17. The molecule has 2 N–H and O–H groups in total. The van der Waals surface area contributed by atoms with Gasteiger partial charge < -0.3 is 15.1 Å². The molecule has 1 saturated heterocycles. The van der Waals surface area contributed by atoms with E-state index in [4.69, 9.17) is 0 Å². The number of benzene rings is 2. The van der Waals surface area contributed by atoms with Crippen LogP contribution in [0.1, 0.15) is 6.42 Å². The standard InChI is InChI=1S/C21H23N5O2/c27-19(22-16-7-3-1-4-8-16)15-18-20(28)24-21(23-18)26-13-11-25(12-14-26)17-9-5-2-6-10-17/h1-10,18H,11-15H2,(H,22,27)(H,23,24,28)/t18-/m0/s1. The number of aliphatic imine (C=N–C) groups is 1. The van der Waals surface area contributed by atoms with Gasteiger partial charge in [0.15, 0.2) is 0 Å². The van der Waals surface area contributed by atoms with E-state index in [1.54, 1.807) is 0 Å². The van der Waals surface area contributed by atoms with Crippen molar-refractivity contribution in [3.8, 4) is 0 Å². The Hall–Kier alpha value is -3.35. The number of nitrogens with zero attached hydrogens (tertiary/aromatic N) is 3. The Morgan fingerprint density at radius 3 is 2.25 bits per heavy atom. The van der Waals surface area contributed by atoms with Gasteiger partial charge >= 0.3 is 0 Å². The van der Waals surface area contributed by atoms with E-state index in [2.05, 4.69) is 37.6 Å². The zero-order valence-corrected chi connectivity index (χ0v) is 15.5. The molecule has 2 aromatic carbocycles. The summed E-state index contributed by atoms with van der Waals surface area (Å²) in [6.07, 6.45) is 0.0359. The van der Waals surface area contributed by atoms with E-state index in [9.17, 15) is 9.59 Å². The Morgan fingerprint density at radius 1 is 0.964 bits per heavy atom. The lowest BCUT2D eigenvalue weighted by atomic mass is 10.2. The van der Waals surface area contributed by atoms with Crippen molar-refractivity contribution in [2.24, 2.45) is 4.99 Å². The molecular weight excluding hydrogens is 354 g/mol. The monoisotopic (exact) mass is 377 g/mol. The lowest BCUT2D eigenvalue weighted by Gasteiger charge is -2.36. The van der Waals surface area contributed by atoms with Crippen LogP contribution in [0.2, 0.25) is 0 Å². The third-order valence-electron chi connectivity index (χ3n) is 4.95. The number of carbonyl (C=O) groups excluding carboxylic acids is 2. The zero-order chi connectivity index (χ0) is 19.3. The topological polar surface area (TPSA) is 77.0 Å². The lowest BCUT2D eigenvalue weighted by Crippen LogP contribution is -2.52. The van der Waals surface area contributed by atoms with E-state index in [-0.39, 0.29) is 18.2 Å². The first-order valence-corrected chi connectivity index (χ1v) is 9.47. The van der Waals surface area contributed by atoms with Crippen molar-refractivity contribution in [2.75, 3.05) is 36.4 Å². The molecule has 144 valence electrons. The molecule has 2 amide bonds. The van der Waals surface area contributed by atoms with Gasteiger partial charge in [0.1, 0.15) is 6.04 Å². The van der Waals surface area contributed by atoms with Gasteiger partial charge in [0.05, 0.1) is 6.42 Å². The van der Waals surface area contributed by atoms with Crippen molar-refractivity contribution < 1.29 is 9.59 Å². The molecule has 0 aromatic heterocycles. The maximum atomic E-state index is 12.3. The SMILES string of the molecule is O=C(C[C@@H]1N=C(N2CCN(c3ccccc3)CC2)NC1=O)Nc1ccccc1. The molecule has 2 aliphatic heterocycles. The first-order valence-electron chi connectivity index (χ1n) is 9.47. The summed E-state index contributed by atoms with van der Waals surface area (Å²) in [5, 5.41) is 5.64. The van der Waals surface area contributed by atoms with Crippen LogP contribution in [-0.4, -0.2) is 54.9 Å². The second kappa shape index (κ2) is 8.12. The maximum absolute atomic E-state index is 12.3. The van der Waals surface area contributed by atoms with Gasteiger partial charge in [-0.2, -0.15) is 0 Å². The van der Waals surface area contributed by atoms with E-state index in [0.29, 0.717) is 11.6 Å². The zero-order valence-electron chi connectivity index (χ0n) is 15.5. The predicted octanol–water partition coefficient (Wildman–Crippen LogP) is 1.69. The number of guanidine groups is 1. The summed E-state index contributed by atoms with van der Waals surface area (Å²) in [6.45, 7) is 3.27. The van der Waals surface area contributed by atoms with Crippen LogP contribution in [0.15, 0.2) is 65.7 Å². The van der Waals surface area contributed by atoms with Crippen molar-refractivity contribution in [3.05, 3.63) is 60.7 Å². The summed E-state index contributed by atoms with van der Waals surface area (Å²) < 4.78 is 0. The lowest BCUT2D eigenvalue weighted by molar-refractivity contribution is -0.123. The number of hydrogen-bond acceptors (Lipinski definition) is 5. The van der Waals surface area contributed by atoms with E-state index >= 15 is 0 Å². The molecule has 0 spiro atoms. The van der Waals surface area contributed by atoms with Crippen molar-refractivity contribution in [1.82, 2.24) is 10.2 Å². The molecule has 1 fully saturated rings. The number of hydrogen-bond donors (Lipinski definition) is 2. The fraction of sp³-hybridized carbons (Fsp3) is 0.286. The van der Waals surface area contributed by atoms with Crippen LogP contribution in [0.4, 0.5) is 11.4 Å². The quantitative estimate of drug-likeness (QED) is 0.850. The molecule has 0 saturated carbocycles. The molecule has 7 nitrogen and oxygen atoms in total. The molecule has 0 radical (unpaired) electrons. The molecule has 0 aliphatic carbocycles. The van der Waals surface area contributed by atoms with Gasteiger partial charge in [0, 0.05) is 37.6 Å². The summed E-state index contributed by atoms with van der Waals surface area (Å²) in [5.74, 6) is 0.143. The number of carbonyl (C=O) groups is 2. The Morgan fingerprint density at radius 2 is 1.57 bits per heavy atom. The van der Waals surface area contributed by atoms with E-state index in [1.807, 2.05) is 48.5 Å². The first kappa shape index (κ1) is 18.0. The Labute approximate surface area is 164 Å². The summed E-state index contributed by atoms with van der Waals surface area (Å²) in [5.41, 5.74) is 1.92. The van der Waals surface area contributed by atoms with Gasteiger partial charge in [0.2, 0.25) is 11.9 Å². The van der Waals surface area contributed by atoms with E-state index < -0.39 is 6.04 Å². The predicted molar refractivity (Wildman–Crippen MR) is 109 cm³/mol. The van der Waals surface area contributed by atoms with Crippen LogP contribution in [0, 0.1) is 0 Å². The number of piperazine rings is 1. The van der Waals surface area contributed by atoms with Crippen LogP contribution >= 0.6 is 0 Å². The summed E-state index contributed by atoms with van der Waals surface area (Å²) >= 11 is 0. The Kier molecular flexibility index (Phi) is 5.23. The van der Waals surface area contributed by atoms with Crippen molar-refractivity contribution in [2.45, 2.75) is 12.5 Å². The number of anilines is 2. The molecule has 0 bridgehead atoms. The summed E-state index contributed by atoms with van der Waals surface area (Å²) in [4.78, 5) is 33.3. The number of amides is 2.